The van der Waals surface area contributed by atoms with Crippen molar-refractivity contribution in [3.8, 4) is 0 Å². The van der Waals surface area contributed by atoms with Crippen LogP contribution in [0.3, 0.4) is 0 Å². The van der Waals surface area contributed by atoms with E-state index in [1.54, 1.807) is 12.4 Å². The molecule has 0 bridgehead atoms. The zero-order valence-electron chi connectivity index (χ0n) is 6.73. The molecule has 0 saturated heterocycles. The van der Waals surface area contributed by atoms with Crippen LogP contribution in [0, 0.1) is 5.92 Å². The summed E-state index contributed by atoms with van der Waals surface area (Å²) in [6, 6.07) is 0. The molecule has 0 unspecified atom stereocenters. The van der Waals surface area contributed by atoms with Crippen molar-refractivity contribution in [2.24, 2.45) is 5.92 Å². The zero-order valence-corrected chi connectivity index (χ0v) is 6.73. The summed E-state index contributed by atoms with van der Waals surface area (Å²) < 4.78 is 0. The second kappa shape index (κ2) is 3.01. The van der Waals surface area contributed by atoms with Gasteiger partial charge in [-0.1, -0.05) is 0 Å². The highest BCUT2D eigenvalue weighted by Gasteiger charge is 2.25. The van der Waals surface area contributed by atoms with E-state index in [2.05, 4.69) is 9.97 Å². The minimum Gasteiger partial charge on any atom is -0.292 e. The first kappa shape index (κ1) is 7.40. The van der Waals surface area contributed by atoms with Crippen molar-refractivity contribution in [2.45, 2.75) is 19.3 Å². The van der Waals surface area contributed by atoms with Crippen molar-refractivity contribution in [1.82, 2.24) is 9.97 Å². The Kier molecular flexibility index (Phi) is 1.86. The van der Waals surface area contributed by atoms with Crippen molar-refractivity contribution >= 4 is 5.78 Å². The number of hydrogen-bond donors (Lipinski definition) is 0. The van der Waals surface area contributed by atoms with E-state index in [0.29, 0.717) is 18.0 Å². The lowest BCUT2D eigenvalue weighted by atomic mass is 10.1. The number of carbonyl (C=O) groups is 1. The smallest absolute Gasteiger partial charge is 0.183 e. The van der Waals surface area contributed by atoms with E-state index in [-0.39, 0.29) is 5.78 Å². The number of nitrogens with zero attached hydrogens (tertiary/aromatic N) is 2. The number of rotatable bonds is 3. The third kappa shape index (κ3) is 1.67. The lowest BCUT2D eigenvalue weighted by Gasteiger charge is -1.95. The zero-order chi connectivity index (χ0) is 8.39. The molecule has 1 heterocycles. The second-order valence-electron chi connectivity index (χ2n) is 3.16. The molecule has 1 aliphatic carbocycles. The Hall–Kier alpha value is -1.25. The number of carbonyl (C=O) groups excluding carboxylic acids is 1. The maximum atomic E-state index is 11.4. The average Bonchev–Trinajstić information content (AvgIpc) is 2.90. The first-order valence-electron chi connectivity index (χ1n) is 4.15. The van der Waals surface area contributed by atoms with E-state index in [1.165, 1.54) is 19.0 Å². The van der Waals surface area contributed by atoms with Gasteiger partial charge in [-0.3, -0.25) is 9.78 Å². The van der Waals surface area contributed by atoms with Gasteiger partial charge in [-0.05, 0) is 18.8 Å². The summed E-state index contributed by atoms with van der Waals surface area (Å²) >= 11 is 0. The first-order chi connectivity index (χ1) is 5.86. The van der Waals surface area contributed by atoms with Crippen LogP contribution in [0.1, 0.15) is 29.8 Å². The molecule has 3 heteroatoms. The third-order valence-electron chi connectivity index (χ3n) is 2.02. The molecular formula is C9H10N2O. The quantitative estimate of drug-likeness (QED) is 0.632. The second-order valence-corrected chi connectivity index (χ2v) is 3.16. The highest BCUT2D eigenvalue weighted by atomic mass is 16.1. The molecule has 0 atom stereocenters. The fraction of sp³-hybridized carbons (Fsp3) is 0.444. The van der Waals surface area contributed by atoms with Gasteiger partial charge in [0.1, 0.15) is 5.69 Å². The van der Waals surface area contributed by atoms with Gasteiger partial charge in [0.25, 0.3) is 0 Å². The van der Waals surface area contributed by atoms with Crippen LogP contribution in [-0.4, -0.2) is 15.8 Å². The van der Waals surface area contributed by atoms with Gasteiger partial charge < -0.3 is 0 Å². The summed E-state index contributed by atoms with van der Waals surface area (Å²) in [5, 5.41) is 0. The van der Waals surface area contributed by atoms with Gasteiger partial charge in [0.05, 0.1) is 6.20 Å². The van der Waals surface area contributed by atoms with Crippen LogP contribution in [0.4, 0.5) is 0 Å². The maximum absolute atomic E-state index is 11.4. The highest BCUT2D eigenvalue weighted by molar-refractivity contribution is 5.94. The number of Topliss-reactive ketones (excluding diaryl/α,β-unsaturated/α-hetero) is 1. The first-order valence-corrected chi connectivity index (χ1v) is 4.15. The van der Waals surface area contributed by atoms with Crippen molar-refractivity contribution in [3.63, 3.8) is 0 Å². The SMILES string of the molecule is O=C(CC1CC1)c1cnccn1. The van der Waals surface area contributed by atoms with E-state index in [4.69, 9.17) is 0 Å². The minimum absolute atomic E-state index is 0.130. The average molecular weight is 162 g/mol. The Labute approximate surface area is 70.9 Å². The lowest BCUT2D eigenvalue weighted by Crippen LogP contribution is -2.02. The monoisotopic (exact) mass is 162 g/mol. The molecular weight excluding hydrogens is 152 g/mol. The molecule has 62 valence electrons. The number of ketones is 1. The summed E-state index contributed by atoms with van der Waals surface area (Å²) in [5.41, 5.74) is 0.504. The summed E-state index contributed by atoms with van der Waals surface area (Å²) in [5.74, 6) is 0.755. The van der Waals surface area contributed by atoms with E-state index in [0.717, 1.165) is 0 Å². The molecule has 0 spiro atoms. The standard InChI is InChI=1S/C9H10N2O/c12-9(5-7-1-2-7)8-6-10-3-4-11-8/h3-4,6-7H,1-2,5H2. The summed E-state index contributed by atoms with van der Waals surface area (Å²) in [7, 11) is 0. The molecule has 2 rings (SSSR count). The Morgan fingerprint density at radius 3 is 2.92 bits per heavy atom. The molecule has 1 aromatic rings. The largest absolute Gasteiger partial charge is 0.292 e. The summed E-state index contributed by atoms with van der Waals surface area (Å²) in [6.07, 6.45) is 7.72. The molecule has 0 aromatic carbocycles. The Bertz CT molecular complexity index is 280. The van der Waals surface area contributed by atoms with Crippen LogP contribution >= 0.6 is 0 Å². The van der Waals surface area contributed by atoms with Crippen molar-refractivity contribution in [1.29, 1.82) is 0 Å². The van der Waals surface area contributed by atoms with Crippen LogP contribution < -0.4 is 0 Å². The Morgan fingerprint density at radius 2 is 2.33 bits per heavy atom. The van der Waals surface area contributed by atoms with Gasteiger partial charge in [0.2, 0.25) is 0 Å². The molecule has 1 aliphatic rings. The van der Waals surface area contributed by atoms with Gasteiger partial charge in [-0.25, -0.2) is 4.98 Å². The molecule has 1 saturated carbocycles. The Balaban J connectivity index is 2.03. The molecule has 0 radical (unpaired) electrons. The predicted octanol–water partition coefficient (Wildman–Crippen LogP) is 1.46. The number of hydrogen-bond acceptors (Lipinski definition) is 3. The minimum atomic E-state index is 0.130. The van der Waals surface area contributed by atoms with Gasteiger partial charge in [0.15, 0.2) is 5.78 Å². The molecule has 12 heavy (non-hydrogen) atoms. The summed E-state index contributed by atoms with van der Waals surface area (Å²) in [4.78, 5) is 19.2. The summed E-state index contributed by atoms with van der Waals surface area (Å²) in [6.45, 7) is 0. The van der Waals surface area contributed by atoms with Gasteiger partial charge >= 0.3 is 0 Å². The van der Waals surface area contributed by atoms with Crippen molar-refractivity contribution in [2.75, 3.05) is 0 Å². The van der Waals surface area contributed by atoms with Crippen LogP contribution in [0.5, 0.6) is 0 Å². The van der Waals surface area contributed by atoms with E-state index >= 15 is 0 Å². The van der Waals surface area contributed by atoms with Crippen LogP contribution in [-0.2, 0) is 0 Å². The highest BCUT2D eigenvalue weighted by Crippen LogP contribution is 2.33. The fourth-order valence-corrected chi connectivity index (χ4v) is 1.13. The molecule has 1 fully saturated rings. The molecule has 0 amide bonds. The third-order valence-corrected chi connectivity index (χ3v) is 2.02. The van der Waals surface area contributed by atoms with Crippen molar-refractivity contribution in [3.05, 3.63) is 24.3 Å². The molecule has 1 aromatic heterocycles. The van der Waals surface area contributed by atoms with Crippen LogP contribution in [0.25, 0.3) is 0 Å². The van der Waals surface area contributed by atoms with E-state index in [9.17, 15) is 4.79 Å². The normalized spacial score (nSPS) is 16.0. The van der Waals surface area contributed by atoms with Gasteiger partial charge in [-0.15, -0.1) is 0 Å². The predicted molar refractivity (Wildman–Crippen MR) is 43.7 cm³/mol. The van der Waals surface area contributed by atoms with E-state index in [1.807, 2.05) is 0 Å². The fourth-order valence-electron chi connectivity index (χ4n) is 1.13. The Morgan fingerprint density at radius 1 is 1.50 bits per heavy atom. The maximum Gasteiger partial charge on any atom is 0.183 e. The van der Waals surface area contributed by atoms with Crippen LogP contribution in [0.2, 0.25) is 0 Å². The molecule has 3 nitrogen and oxygen atoms in total. The van der Waals surface area contributed by atoms with E-state index < -0.39 is 0 Å². The topological polar surface area (TPSA) is 42.9 Å². The number of aromatic nitrogens is 2. The van der Waals surface area contributed by atoms with Gasteiger partial charge in [-0.2, -0.15) is 0 Å². The lowest BCUT2D eigenvalue weighted by molar-refractivity contribution is 0.0971. The molecule has 0 aliphatic heterocycles. The van der Waals surface area contributed by atoms with Crippen molar-refractivity contribution < 1.29 is 4.79 Å². The molecule has 0 N–H and O–H groups in total. The van der Waals surface area contributed by atoms with Crippen LogP contribution in [0.15, 0.2) is 18.6 Å². The van der Waals surface area contributed by atoms with Gasteiger partial charge in [0, 0.05) is 18.8 Å².